The Kier molecular flexibility index (Phi) is 21.6. The number of thioether (sulfide) groups is 1. The molecule has 2 aromatic heterocycles. The predicted octanol–water partition coefficient (Wildman–Crippen LogP) is 7.26. The summed E-state index contributed by atoms with van der Waals surface area (Å²) in [4.78, 5) is 26.7. The molecule has 1 fully saturated rings. The highest BCUT2D eigenvalue weighted by atomic mass is 32.2. The number of phosphoric acid groups is 1. The number of nitrogen functional groups attached to an aromatic ring is 1. The summed E-state index contributed by atoms with van der Waals surface area (Å²) in [6.45, 7) is 6.42. The van der Waals surface area contributed by atoms with Crippen molar-refractivity contribution in [2.45, 2.75) is 166 Å². The van der Waals surface area contributed by atoms with Crippen molar-refractivity contribution in [1.29, 1.82) is 0 Å². The number of aromatic amines is 1. The Morgan fingerprint density at radius 1 is 0.962 bits per heavy atom. The fourth-order valence-corrected chi connectivity index (χ4v) is 8.47. The number of fused-ring (bicyclic) bond motifs is 1. The number of nitrogens with one attached hydrogen (secondary N) is 1. The number of unbranched alkanes of at least 4 members (excludes halogenated alkanes) is 13. The van der Waals surface area contributed by atoms with Crippen LogP contribution >= 0.6 is 31.8 Å². The Morgan fingerprint density at radius 3 is 2.27 bits per heavy atom. The van der Waals surface area contributed by atoms with Crippen molar-refractivity contribution in [2.75, 3.05) is 31.3 Å². The molecule has 1 saturated heterocycles. The van der Waals surface area contributed by atoms with Gasteiger partial charge in [0.1, 0.15) is 30.2 Å². The number of hydrogen-bond acceptors (Lipinski definition) is 13. The number of anilines is 1. The second-order valence-corrected chi connectivity index (χ2v) is 16.8. The molecule has 0 aromatic carbocycles. The summed E-state index contributed by atoms with van der Waals surface area (Å²) < 4.78 is 35.9. The first kappa shape index (κ1) is 45.1. The van der Waals surface area contributed by atoms with Crippen molar-refractivity contribution in [3.05, 3.63) is 11.0 Å². The normalized spacial score (nSPS) is 21.4. The molecule has 52 heavy (non-hydrogen) atoms. The monoisotopic (exact) mass is 793 g/mol. The SMILES string of the molecule is CCCCCCCCCCCCSC(CCCCCCC)C(C)OCCCOP(=O)(O)OC[C@H]1O[C@@H](On2cnc3c(=S)nc(N)[nH]c32)[C@H](O)[C@@H]1O. The fourth-order valence-electron chi connectivity index (χ4n) is 6.09. The van der Waals surface area contributed by atoms with Crippen LogP contribution < -0.4 is 10.6 Å². The lowest BCUT2D eigenvalue weighted by atomic mass is 10.1. The van der Waals surface area contributed by atoms with Crippen molar-refractivity contribution in [3.63, 3.8) is 0 Å². The van der Waals surface area contributed by atoms with Gasteiger partial charge in [0.25, 0.3) is 6.29 Å². The molecule has 0 aliphatic carbocycles. The third-order valence-corrected chi connectivity index (χ3v) is 12.1. The highest BCUT2D eigenvalue weighted by Gasteiger charge is 2.46. The Balaban J connectivity index is 1.34. The van der Waals surface area contributed by atoms with Crippen LogP contribution in [0.4, 0.5) is 5.95 Å². The van der Waals surface area contributed by atoms with Crippen molar-refractivity contribution in [3.8, 4) is 0 Å². The summed E-state index contributed by atoms with van der Waals surface area (Å²) in [5.41, 5.74) is 6.31. The number of aliphatic hydroxyl groups is 2. The van der Waals surface area contributed by atoms with Gasteiger partial charge >= 0.3 is 7.82 Å². The van der Waals surface area contributed by atoms with Gasteiger partial charge in [0.15, 0.2) is 10.3 Å². The molecule has 0 radical (unpaired) electrons. The Hall–Kier alpha value is -1.33. The molecule has 1 aliphatic rings. The van der Waals surface area contributed by atoms with Gasteiger partial charge in [-0.2, -0.15) is 16.5 Å². The molecular weight excluding hydrogens is 730 g/mol. The fraction of sp³-hybridized carbons (Fsp3) is 0.857. The molecule has 14 nitrogen and oxygen atoms in total. The highest BCUT2D eigenvalue weighted by Crippen LogP contribution is 2.44. The topological polar surface area (TPSA) is 196 Å². The van der Waals surface area contributed by atoms with E-state index in [1.165, 1.54) is 103 Å². The second kappa shape index (κ2) is 25.0. The molecule has 0 bridgehead atoms. The van der Waals surface area contributed by atoms with Gasteiger partial charge in [-0.15, -0.1) is 0 Å². The summed E-state index contributed by atoms with van der Waals surface area (Å²) in [6, 6.07) is 0. The third-order valence-electron chi connectivity index (χ3n) is 9.21. The van der Waals surface area contributed by atoms with Gasteiger partial charge in [0.05, 0.1) is 19.3 Å². The number of hydrogen-bond donors (Lipinski definition) is 5. The van der Waals surface area contributed by atoms with E-state index in [9.17, 15) is 19.7 Å². The summed E-state index contributed by atoms with van der Waals surface area (Å²) in [5.74, 6) is 1.18. The van der Waals surface area contributed by atoms with Crippen LogP contribution in [0, 0.1) is 4.64 Å². The van der Waals surface area contributed by atoms with Crippen molar-refractivity contribution < 1.29 is 43.0 Å². The minimum atomic E-state index is -4.48. The molecule has 2 aromatic rings. The van der Waals surface area contributed by atoms with Crippen LogP contribution in [0.15, 0.2) is 6.33 Å². The van der Waals surface area contributed by atoms with Crippen LogP contribution in [0.5, 0.6) is 0 Å². The number of aliphatic hydroxyl groups excluding tert-OH is 2. The van der Waals surface area contributed by atoms with Crippen molar-refractivity contribution in [1.82, 2.24) is 19.7 Å². The van der Waals surface area contributed by atoms with Gasteiger partial charge in [0, 0.05) is 11.9 Å². The van der Waals surface area contributed by atoms with Gasteiger partial charge in [-0.25, -0.2) is 14.5 Å². The Labute approximate surface area is 318 Å². The summed E-state index contributed by atoms with van der Waals surface area (Å²) in [5, 5.41) is 21.4. The first-order chi connectivity index (χ1) is 25.1. The van der Waals surface area contributed by atoms with E-state index in [2.05, 4.69) is 35.7 Å². The lowest BCUT2D eigenvalue weighted by molar-refractivity contribution is -0.168. The third kappa shape index (κ3) is 16.2. The van der Waals surface area contributed by atoms with Crippen LogP contribution in [-0.4, -0.2) is 96.3 Å². The largest absolute Gasteiger partial charge is 0.472 e. The molecule has 7 atom stereocenters. The lowest BCUT2D eigenvalue weighted by Crippen LogP contribution is -2.38. The van der Waals surface area contributed by atoms with Gasteiger partial charge < -0.3 is 40.1 Å². The summed E-state index contributed by atoms with van der Waals surface area (Å²) in [6.07, 6.45) is 16.9. The molecule has 1 aliphatic heterocycles. The first-order valence-electron chi connectivity index (χ1n) is 19.3. The van der Waals surface area contributed by atoms with Crippen LogP contribution in [0.2, 0.25) is 0 Å². The van der Waals surface area contributed by atoms with Crippen molar-refractivity contribution in [2.24, 2.45) is 0 Å². The van der Waals surface area contributed by atoms with Gasteiger partial charge in [-0.1, -0.05) is 116 Å². The quantitative estimate of drug-likeness (QED) is 0.0301. The zero-order chi connectivity index (χ0) is 37.8. The Morgan fingerprint density at radius 2 is 1.60 bits per heavy atom. The maximum Gasteiger partial charge on any atom is 0.472 e. The molecule has 3 unspecified atom stereocenters. The number of rotatable bonds is 30. The second-order valence-electron chi connectivity index (χ2n) is 13.6. The smallest absolute Gasteiger partial charge is 0.387 e. The van der Waals surface area contributed by atoms with E-state index in [1.54, 1.807) is 0 Å². The van der Waals surface area contributed by atoms with E-state index in [0.717, 1.165) is 16.9 Å². The number of aromatic nitrogens is 4. The van der Waals surface area contributed by atoms with E-state index in [0.29, 0.717) is 23.8 Å². The van der Waals surface area contributed by atoms with Crippen LogP contribution in [0.25, 0.3) is 11.2 Å². The van der Waals surface area contributed by atoms with Crippen LogP contribution in [-0.2, 0) is 23.1 Å². The molecule has 3 rings (SSSR count). The zero-order valence-corrected chi connectivity index (χ0v) is 33.9. The molecule has 0 saturated carbocycles. The average Bonchev–Trinajstić information content (AvgIpc) is 3.64. The van der Waals surface area contributed by atoms with E-state index in [1.807, 2.05) is 11.8 Å². The summed E-state index contributed by atoms with van der Waals surface area (Å²) >= 11 is 7.17. The number of phosphoric ester groups is 1. The van der Waals surface area contributed by atoms with E-state index >= 15 is 0 Å². The zero-order valence-electron chi connectivity index (χ0n) is 31.4. The van der Waals surface area contributed by atoms with E-state index in [-0.39, 0.29) is 28.9 Å². The minimum Gasteiger partial charge on any atom is -0.387 e. The number of ether oxygens (including phenoxy) is 2. The number of H-pyrrole nitrogens is 1. The van der Waals surface area contributed by atoms with Crippen LogP contribution in [0.3, 0.4) is 0 Å². The number of nitrogens with two attached hydrogens (primary N) is 1. The molecule has 3 heterocycles. The van der Waals surface area contributed by atoms with E-state index < -0.39 is 39.0 Å². The predicted molar refractivity (Wildman–Crippen MR) is 208 cm³/mol. The van der Waals surface area contributed by atoms with Crippen molar-refractivity contribution >= 4 is 48.9 Å². The lowest BCUT2D eigenvalue weighted by Gasteiger charge is -2.24. The molecule has 300 valence electrons. The molecule has 6 N–H and O–H groups in total. The van der Waals surface area contributed by atoms with Crippen LogP contribution in [0.1, 0.15) is 130 Å². The number of imidazole rings is 1. The molecule has 0 amide bonds. The maximum absolute atomic E-state index is 12.6. The standard InChI is InChI=1S/C35H64N5O9PS2/c1-4-6-8-10-11-12-13-14-16-18-23-52-28(20-17-15-9-7-5-2)26(3)45-21-19-22-46-50(43,44)47-24-27-30(41)31(42)34(48-27)49-40-25-37-29-32(40)38-35(36)39-33(29)51/h25-28,30-31,34,41-42H,4-24H2,1-3H3,(H,43,44)(H3,36,38,39,51)/t26?,27-,28?,30-,31-,34+/m1/s1. The van der Waals surface area contributed by atoms with Gasteiger partial charge in [0.2, 0.25) is 5.95 Å². The minimum absolute atomic E-state index is 0.0352. The maximum atomic E-state index is 12.6. The number of nitrogens with zero attached hydrogens (tertiary/aromatic N) is 3. The summed E-state index contributed by atoms with van der Waals surface area (Å²) in [7, 11) is -4.48. The van der Waals surface area contributed by atoms with Gasteiger partial charge in [-0.3, -0.25) is 9.05 Å². The van der Waals surface area contributed by atoms with Gasteiger partial charge in [-0.05, 0) is 31.9 Å². The average molecular weight is 794 g/mol. The molecule has 0 spiro atoms. The first-order valence-corrected chi connectivity index (χ1v) is 22.3. The molecular formula is C35H64N5O9PS2. The molecule has 17 heteroatoms. The Bertz CT molecular complexity index is 1370. The van der Waals surface area contributed by atoms with E-state index in [4.69, 9.17) is 41.3 Å². The highest BCUT2D eigenvalue weighted by molar-refractivity contribution is 7.99.